The maximum atomic E-state index is 15.5. The van der Waals surface area contributed by atoms with Crippen LogP contribution in [0.2, 0.25) is 0 Å². The summed E-state index contributed by atoms with van der Waals surface area (Å²) in [5, 5.41) is 18.2. The Labute approximate surface area is 194 Å². The number of hydrogen-bond donors (Lipinski definition) is 0. The maximum absolute atomic E-state index is 15.5. The topological polar surface area (TPSA) is 102 Å². The molecule has 11 heteroatoms. The maximum Gasteiger partial charge on any atom is 0.267 e. The molecule has 1 saturated heterocycles. The van der Waals surface area contributed by atoms with E-state index < -0.39 is 23.9 Å². The van der Waals surface area contributed by atoms with Crippen LogP contribution in [0.5, 0.6) is 0 Å². The van der Waals surface area contributed by atoms with Gasteiger partial charge in [0, 0.05) is 23.7 Å². The van der Waals surface area contributed by atoms with Crippen molar-refractivity contribution >= 4 is 5.82 Å². The molecule has 2 aliphatic heterocycles. The first-order chi connectivity index (χ1) is 16.4. The molecule has 1 fully saturated rings. The van der Waals surface area contributed by atoms with Gasteiger partial charge in [-0.25, -0.2) is 23.1 Å². The van der Waals surface area contributed by atoms with E-state index in [2.05, 4.69) is 21.3 Å². The lowest BCUT2D eigenvalue weighted by atomic mass is 10.00. The Bertz CT molecular complexity index is 1330. The lowest BCUT2D eigenvalue weighted by Gasteiger charge is -2.38. The number of nitriles is 1. The van der Waals surface area contributed by atoms with Crippen LogP contribution in [0.15, 0.2) is 29.1 Å². The van der Waals surface area contributed by atoms with E-state index >= 15 is 8.78 Å². The molecule has 2 atom stereocenters. The molecule has 0 aromatic carbocycles. The second kappa shape index (κ2) is 8.61. The summed E-state index contributed by atoms with van der Waals surface area (Å²) < 4.78 is 38.7. The molecule has 2 aliphatic rings. The Morgan fingerprint density at radius 1 is 1.15 bits per heavy atom. The van der Waals surface area contributed by atoms with Gasteiger partial charge in [-0.1, -0.05) is 0 Å². The van der Waals surface area contributed by atoms with E-state index in [0.717, 1.165) is 27.3 Å². The molecule has 5 rings (SSSR count). The highest BCUT2D eigenvalue weighted by Crippen LogP contribution is 2.32. The summed E-state index contributed by atoms with van der Waals surface area (Å²) in [5.74, 6) is 0.556. The average Bonchev–Trinajstić information content (AvgIpc) is 3.16. The number of piperidine rings is 1. The van der Waals surface area contributed by atoms with E-state index in [1.165, 1.54) is 21.7 Å². The van der Waals surface area contributed by atoms with Gasteiger partial charge >= 0.3 is 0 Å². The number of aryl methyl sites for hydroxylation is 2. The molecule has 0 aliphatic carbocycles. The number of alkyl halides is 2. The Kier molecular flexibility index (Phi) is 5.61. The molecule has 0 N–H and O–H groups in total. The monoisotopic (exact) mass is 467 g/mol. The number of hydrogen-bond acceptors (Lipinski definition) is 7. The summed E-state index contributed by atoms with van der Waals surface area (Å²) in [5.41, 5.74) is 2.76. The third-order valence-electron chi connectivity index (χ3n) is 6.18. The Hall–Kier alpha value is -3.65. The summed E-state index contributed by atoms with van der Waals surface area (Å²) in [6.07, 6.45) is -2.93. The number of nitrogens with zero attached hydrogens (tertiary/aromatic N) is 7. The zero-order valence-corrected chi connectivity index (χ0v) is 18.8. The zero-order valence-electron chi connectivity index (χ0n) is 18.8. The number of pyridine rings is 1. The first-order valence-electron chi connectivity index (χ1n) is 11.0. The van der Waals surface area contributed by atoms with Crippen molar-refractivity contribution in [2.75, 3.05) is 24.6 Å². The van der Waals surface area contributed by atoms with Crippen LogP contribution >= 0.6 is 0 Å². The van der Waals surface area contributed by atoms with E-state index in [4.69, 9.17) is 4.74 Å². The molecule has 0 bridgehead atoms. The second-order valence-corrected chi connectivity index (χ2v) is 8.62. The van der Waals surface area contributed by atoms with Crippen molar-refractivity contribution in [3.8, 4) is 11.9 Å². The average molecular weight is 467 g/mol. The number of rotatable bonds is 3. The van der Waals surface area contributed by atoms with Gasteiger partial charge in [-0.05, 0) is 32.0 Å². The second-order valence-electron chi connectivity index (χ2n) is 8.62. The fourth-order valence-electron chi connectivity index (χ4n) is 4.62. The minimum absolute atomic E-state index is 0.222. The van der Waals surface area contributed by atoms with Crippen LogP contribution < -0.4 is 10.5 Å². The first kappa shape index (κ1) is 22.2. The SMILES string of the molecule is Cc1cc(C)n(-c2ccc(=O)n(C3C(F)CN(c4nc5c(cc4C#N)COCC5)CC3F)n2)n1. The van der Waals surface area contributed by atoms with E-state index in [-0.39, 0.29) is 24.5 Å². The number of ether oxygens (including phenoxy) is 1. The van der Waals surface area contributed by atoms with Crippen molar-refractivity contribution in [3.63, 3.8) is 0 Å². The minimum Gasteiger partial charge on any atom is -0.376 e. The number of anilines is 1. The Balaban J connectivity index is 1.46. The van der Waals surface area contributed by atoms with Crippen LogP contribution in [0.1, 0.15) is 34.3 Å². The van der Waals surface area contributed by atoms with Crippen molar-refractivity contribution in [3.05, 3.63) is 62.8 Å². The molecule has 2 unspecified atom stereocenters. The van der Waals surface area contributed by atoms with E-state index in [1.54, 1.807) is 6.07 Å². The lowest BCUT2D eigenvalue weighted by Crippen LogP contribution is -2.52. The van der Waals surface area contributed by atoms with Gasteiger partial charge in [-0.3, -0.25) is 4.79 Å². The molecule has 34 heavy (non-hydrogen) atoms. The molecule has 9 nitrogen and oxygen atoms in total. The fourth-order valence-corrected chi connectivity index (χ4v) is 4.62. The summed E-state index contributed by atoms with van der Waals surface area (Å²) in [7, 11) is 0. The molecule has 3 aromatic rings. The van der Waals surface area contributed by atoms with Crippen LogP contribution in [-0.2, 0) is 17.8 Å². The standard InChI is InChI=1S/C23H23F2N7O2/c1-13-7-14(2)31(28-13)20-3-4-21(33)32(29-20)22-17(24)10-30(11-18(22)25)23-15(9-26)8-16-12-34-6-5-19(16)27-23/h3-4,7-8,17-18,22H,5-6,10-12H2,1-2H3. The van der Waals surface area contributed by atoms with Gasteiger partial charge in [0.1, 0.15) is 30.3 Å². The fraction of sp³-hybridized carbons (Fsp3) is 0.435. The molecule has 0 radical (unpaired) electrons. The normalized spacial score (nSPS) is 22.3. The summed E-state index contributed by atoms with van der Waals surface area (Å²) >= 11 is 0. The highest BCUT2D eigenvalue weighted by molar-refractivity contribution is 5.57. The highest BCUT2D eigenvalue weighted by atomic mass is 19.1. The van der Waals surface area contributed by atoms with Crippen molar-refractivity contribution in [1.82, 2.24) is 24.5 Å². The van der Waals surface area contributed by atoms with Crippen molar-refractivity contribution in [1.29, 1.82) is 5.26 Å². The molecule has 3 aromatic heterocycles. The van der Waals surface area contributed by atoms with Gasteiger partial charge < -0.3 is 9.64 Å². The van der Waals surface area contributed by atoms with Crippen LogP contribution in [-0.4, -0.2) is 56.6 Å². The zero-order chi connectivity index (χ0) is 24.0. The van der Waals surface area contributed by atoms with Crippen molar-refractivity contribution in [2.24, 2.45) is 0 Å². The predicted molar refractivity (Wildman–Crippen MR) is 118 cm³/mol. The summed E-state index contributed by atoms with van der Waals surface area (Å²) in [6, 6.07) is 6.91. The number of fused-ring (bicyclic) bond motifs is 1. The minimum atomic E-state index is -1.75. The van der Waals surface area contributed by atoms with Gasteiger partial charge in [0.25, 0.3) is 5.56 Å². The van der Waals surface area contributed by atoms with Gasteiger partial charge in [0.15, 0.2) is 5.82 Å². The summed E-state index contributed by atoms with van der Waals surface area (Å²) in [6.45, 7) is 4.07. The van der Waals surface area contributed by atoms with Gasteiger partial charge in [0.05, 0.1) is 43.3 Å². The van der Waals surface area contributed by atoms with E-state index in [9.17, 15) is 10.1 Å². The Morgan fingerprint density at radius 2 is 1.91 bits per heavy atom. The molecular formula is C23H23F2N7O2. The van der Waals surface area contributed by atoms with Crippen LogP contribution in [0.25, 0.3) is 5.82 Å². The molecule has 5 heterocycles. The largest absolute Gasteiger partial charge is 0.376 e. The smallest absolute Gasteiger partial charge is 0.267 e. The molecule has 176 valence electrons. The lowest BCUT2D eigenvalue weighted by molar-refractivity contribution is 0.0973. The van der Waals surface area contributed by atoms with Crippen LogP contribution in [0, 0.1) is 25.2 Å². The van der Waals surface area contributed by atoms with Gasteiger partial charge in [-0.2, -0.15) is 10.4 Å². The van der Waals surface area contributed by atoms with E-state index in [0.29, 0.717) is 25.5 Å². The number of halogens is 2. The molecule has 0 saturated carbocycles. The highest BCUT2D eigenvalue weighted by Gasteiger charge is 2.41. The molecular weight excluding hydrogens is 444 g/mol. The van der Waals surface area contributed by atoms with Gasteiger partial charge in [0.2, 0.25) is 0 Å². The third-order valence-corrected chi connectivity index (χ3v) is 6.18. The third kappa shape index (κ3) is 3.84. The van der Waals surface area contributed by atoms with Crippen molar-refractivity contribution in [2.45, 2.75) is 45.3 Å². The quantitative estimate of drug-likeness (QED) is 0.582. The molecule has 0 spiro atoms. The predicted octanol–water partition coefficient (Wildman–Crippen LogP) is 2.12. The molecule has 0 amide bonds. The van der Waals surface area contributed by atoms with Crippen LogP contribution in [0.4, 0.5) is 14.6 Å². The number of aromatic nitrogens is 5. The van der Waals surface area contributed by atoms with Crippen molar-refractivity contribution < 1.29 is 13.5 Å². The van der Waals surface area contributed by atoms with E-state index in [1.807, 2.05) is 19.9 Å². The first-order valence-corrected chi connectivity index (χ1v) is 11.0. The van der Waals surface area contributed by atoms with Gasteiger partial charge in [-0.15, -0.1) is 5.10 Å². The summed E-state index contributed by atoms with van der Waals surface area (Å²) in [4.78, 5) is 18.5. The Morgan fingerprint density at radius 3 is 2.59 bits per heavy atom. The van der Waals surface area contributed by atoms with Crippen LogP contribution in [0.3, 0.4) is 0 Å².